The van der Waals surface area contributed by atoms with Crippen molar-refractivity contribution in [2.45, 2.75) is 49.1 Å². The summed E-state index contributed by atoms with van der Waals surface area (Å²) in [7, 11) is -2.21. The third-order valence-corrected chi connectivity index (χ3v) is 9.94. The lowest BCUT2D eigenvalue weighted by atomic mass is 9.88. The summed E-state index contributed by atoms with van der Waals surface area (Å²) in [5, 5.41) is 21.9. The van der Waals surface area contributed by atoms with E-state index >= 15 is 4.39 Å². The number of fused-ring (bicyclic) bond motifs is 1. The second-order valence-corrected chi connectivity index (χ2v) is 14.5. The van der Waals surface area contributed by atoms with E-state index in [4.69, 9.17) is 32.7 Å². The third kappa shape index (κ3) is 5.86. The monoisotopic (exact) mass is 637 g/mol. The van der Waals surface area contributed by atoms with Gasteiger partial charge in [0.1, 0.15) is 11.4 Å². The SMILES string of the molecule is COCC(C)(O)c1cc(F)c2c(c1)CN(Cc1ccc(Cl)cc1S(C)(=O)=O)[C@@]2(OCC1(CO)CC1)c1ccc(Cl)cc1. The summed E-state index contributed by atoms with van der Waals surface area (Å²) in [6.45, 7) is 1.81. The summed E-state index contributed by atoms with van der Waals surface area (Å²) in [4.78, 5) is 1.94. The zero-order valence-electron chi connectivity index (χ0n) is 23.7. The molecule has 0 spiro atoms. The van der Waals surface area contributed by atoms with Gasteiger partial charge >= 0.3 is 0 Å². The van der Waals surface area contributed by atoms with Crippen molar-refractivity contribution < 1.29 is 32.5 Å². The number of aliphatic hydroxyl groups is 2. The second kappa shape index (κ2) is 11.4. The Hall–Kier alpha value is -2.08. The first-order valence-electron chi connectivity index (χ1n) is 13.5. The first-order chi connectivity index (χ1) is 19.7. The van der Waals surface area contributed by atoms with E-state index in [-0.39, 0.29) is 48.4 Å². The smallest absolute Gasteiger partial charge is 0.177 e. The van der Waals surface area contributed by atoms with Gasteiger partial charge in [0.15, 0.2) is 15.6 Å². The molecule has 0 bridgehead atoms. The van der Waals surface area contributed by atoms with Crippen LogP contribution in [0.4, 0.5) is 4.39 Å². The molecule has 2 aliphatic rings. The lowest BCUT2D eigenvalue weighted by molar-refractivity contribution is -0.148. The Morgan fingerprint density at radius 2 is 1.74 bits per heavy atom. The normalized spacial score (nSPS) is 21.2. The van der Waals surface area contributed by atoms with E-state index in [1.807, 2.05) is 4.90 Å². The lowest BCUT2D eigenvalue weighted by Gasteiger charge is -2.41. The van der Waals surface area contributed by atoms with Gasteiger partial charge in [0.05, 0.1) is 24.7 Å². The molecule has 42 heavy (non-hydrogen) atoms. The maximum absolute atomic E-state index is 16.5. The molecule has 11 heteroatoms. The van der Waals surface area contributed by atoms with Crippen molar-refractivity contribution in [1.82, 2.24) is 4.90 Å². The summed E-state index contributed by atoms with van der Waals surface area (Å²) in [5.41, 5.74) is -1.19. The molecule has 2 atom stereocenters. The molecular formula is C31H34Cl2FNO6S. The molecule has 1 fully saturated rings. The first kappa shape index (κ1) is 31.3. The zero-order chi connectivity index (χ0) is 30.5. The van der Waals surface area contributed by atoms with Crippen molar-refractivity contribution in [3.8, 4) is 0 Å². The summed E-state index contributed by atoms with van der Waals surface area (Å²) >= 11 is 12.4. The topological polar surface area (TPSA) is 96.3 Å². The van der Waals surface area contributed by atoms with Gasteiger partial charge in [-0.1, -0.05) is 47.5 Å². The number of ether oxygens (including phenoxy) is 2. The van der Waals surface area contributed by atoms with E-state index < -0.39 is 32.4 Å². The van der Waals surface area contributed by atoms with Gasteiger partial charge in [-0.05, 0) is 66.8 Å². The zero-order valence-corrected chi connectivity index (χ0v) is 26.0. The highest BCUT2D eigenvalue weighted by Crippen LogP contribution is 2.52. The summed E-state index contributed by atoms with van der Waals surface area (Å²) < 4.78 is 54.0. The third-order valence-electron chi connectivity index (χ3n) is 8.27. The molecule has 0 amide bonds. The summed E-state index contributed by atoms with van der Waals surface area (Å²) in [6, 6.07) is 14.6. The number of benzene rings is 3. The van der Waals surface area contributed by atoms with Crippen LogP contribution < -0.4 is 0 Å². The fourth-order valence-electron chi connectivity index (χ4n) is 5.73. The minimum atomic E-state index is -3.67. The molecule has 226 valence electrons. The molecule has 3 aromatic rings. The molecule has 0 saturated heterocycles. The van der Waals surface area contributed by atoms with E-state index in [1.54, 1.807) is 49.4 Å². The number of hydrogen-bond acceptors (Lipinski definition) is 7. The average Bonchev–Trinajstić information content (AvgIpc) is 3.64. The number of halogens is 3. The van der Waals surface area contributed by atoms with Crippen molar-refractivity contribution in [3.63, 3.8) is 0 Å². The molecule has 1 aliphatic heterocycles. The second-order valence-electron chi connectivity index (χ2n) is 11.7. The highest BCUT2D eigenvalue weighted by Gasteiger charge is 2.53. The van der Waals surface area contributed by atoms with Crippen LogP contribution in [0.15, 0.2) is 59.5 Å². The summed E-state index contributed by atoms with van der Waals surface area (Å²) in [6.07, 6.45) is 2.65. The quantitative estimate of drug-likeness (QED) is 0.291. The van der Waals surface area contributed by atoms with Crippen LogP contribution in [0.1, 0.15) is 47.6 Å². The minimum Gasteiger partial charge on any atom is -0.396 e. The van der Waals surface area contributed by atoms with Crippen LogP contribution >= 0.6 is 23.2 Å². The van der Waals surface area contributed by atoms with E-state index in [0.717, 1.165) is 19.1 Å². The Morgan fingerprint density at radius 3 is 2.33 bits per heavy atom. The van der Waals surface area contributed by atoms with Gasteiger partial charge in [-0.15, -0.1) is 0 Å². The van der Waals surface area contributed by atoms with Crippen LogP contribution in [0, 0.1) is 11.2 Å². The molecule has 7 nitrogen and oxygen atoms in total. The van der Waals surface area contributed by atoms with Crippen LogP contribution in [0.2, 0.25) is 10.0 Å². The molecule has 2 N–H and O–H groups in total. The van der Waals surface area contributed by atoms with Crippen LogP contribution in [0.5, 0.6) is 0 Å². The number of rotatable bonds is 11. The molecular weight excluding hydrogens is 604 g/mol. The number of hydrogen-bond donors (Lipinski definition) is 2. The standard InChI is InChI=1S/C31H34Cl2FNO6S/c1-29(37,18-40-2)23-12-21-16-35(15-20-4-7-25(33)14-27(20)42(3,38)39)31(28(21)26(34)13-23,22-5-8-24(32)9-6-22)41-19-30(17-36)10-11-30/h4-9,12-14,36-37H,10-11,15-19H2,1-3H3/t29?,31-/m1/s1. The van der Waals surface area contributed by atoms with Crippen molar-refractivity contribution in [1.29, 1.82) is 0 Å². The Morgan fingerprint density at radius 1 is 1.07 bits per heavy atom. The molecule has 1 unspecified atom stereocenters. The van der Waals surface area contributed by atoms with E-state index in [9.17, 15) is 18.6 Å². The number of sulfone groups is 1. The highest BCUT2D eigenvalue weighted by atomic mass is 35.5. The van der Waals surface area contributed by atoms with E-state index in [0.29, 0.717) is 27.3 Å². The predicted octanol–water partition coefficient (Wildman–Crippen LogP) is 5.40. The average molecular weight is 639 g/mol. The fourth-order valence-corrected chi connectivity index (χ4v) is 7.04. The Balaban J connectivity index is 1.73. The molecule has 3 aromatic carbocycles. The molecule has 5 rings (SSSR count). The van der Waals surface area contributed by atoms with Gasteiger partial charge in [0.2, 0.25) is 0 Å². The van der Waals surface area contributed by atoms with Gasteiger partial charge in [-0.25, -0.2) is 12.8 Å². The fraction of sp³-hybridized carbons (Fsp3) is 0.419. The van der Waals surface area contributed by atoms with Crippen LogP contribution in [0.25, 0.3) is 0 Å². The van der Waals surface area contributed by atoms with Crippen LogP contribution in [-0.4, -0.2) is 56.7 Å². The maximum atomic E-state index is 16.5. The van der Waals surface area contributed by atoms with Crippen molar-refractivity contribution in [3.05, 3.63) is 98.3 Å². The first-order valence-corrected chi connectivity index (χ1v) is 16.2. The number of aliphatic hydroxyl groups excluding tert-OH is 1. The Kier molecular flexibility index (Phi) is 8.54. The molecule has 0 aromatic heterocycles. The Labute approximate surface area is 255 Å². The van der Waals surface area contributed by atoms with E-state index in [1.165, 1.54) is 19.2 Å². The highest BCUT2D eigenvalue weighted by molar-refractivity contribution is 7.90. The van der Waals surface area contributed by atoms with Crippen molar-refractivity contribution in [2.24, 2.45) is 5.41 Å². The van der Waals surface area contributed by atoms with Gasteiger partial charge < -0.3 is 19.7 Å². The van der Waals surface area contributed by atoms with Gasteiger partial charge in [0, 0.05) is 53.0 Å². The van der Waals surface area contributed by atoms with Crippen molar-refractivity contribution >= 4 is 33.0 Å². The molecule has 1 heterocycles. The van der Waals surface area contributed by atoms with E-state index in [2.05, 4.69) is 0 Å². The van der Waals surface area contributed by atoms with Crippen LogP contribution in [-0.2, 0) is 43.7 Å². The van der Waals surface area contributed by atoms with Crippen LogP contribution in [0.3, 0.4) is 0 Å². The number of nitrogens with zero attached hydrogens (tertiary/aromatic N) is 1. The predicted molar refractivity (Wildman–Crippen MR) is 159 cm³/mol. The van der Waals surface area contributed by atoms with Gasteiger partial charge in [-0.3, -0.25) is 4.90 Å². The largest absolute Gasteiger partial charge is 0.396 e. The molecule has 1 aliphatic carbocycles. The lowest BCUT2D eigenvalue weighted by Crippen LogP contribution is -2.46. The number of methoxy groups -OCH3 is 1. The summed E-state index contributed by atoms with van der Waals surface area (Å²) in [5.74, 6) is -0.593. The van der Waals surface area contributed by atoms with Crippen molar-refractivity contribution in [2.75, 3.05) is 33.2 Å². The molecule has 0 radical (unpaired) electrons. The molecule has 1 saturated carbocycles. The van der Waals surface area contributed by atoms with Gasteiger partial charge in [-0.2, -0.15) is 0 Å². The van der Waals surface area contributed by atoms with Gasteiger partial charge in [0.25, 0.3) is 0 Å². The minimum absolute atomic E-state index is 0.0463. The maximum Gasteiger partial charge on any atom is 0.177 e. The Bertz CT molecular complexity index is 1590.